The van der Waals surface area contributed by atoms with Crippen LogP contribution in [-0.4, -0.2) is 43.8 Å². The van der Waals surface area contributed by atoms with E-state index in [1.54, 1.807) is 22.7 Å². The molecule has 1 N–H and O–H groups in total. The quantitative estimate of drug-likeness (QED) is 0.730. The molecule has 4 fully saturated rings. The number of hydrogen-bond donors (Lipinski definition) is 1. The zero-order valence-electron chi connectivity index (χ0n) is 15.7. The van der Waals surface area contributed by atoms with Gasteiger partial charge in [-0.3, -0.25) is 4.79 Å². The first kappa shape index (κ1) is 17.9. The fourth-order valence-corrected chi connectivity index (χ4v) is 9.09. The molecule has 4 saturated heterocycles. The maximum atomic E-state index is 13.3. The molecule has 7 heteroatoms. The summed E-state index contributed by atoms with van der Waals surface area (Å²) in [6.45, 7) is 3.86. The van der Waals surface area contributed by atoms with E-state index in [9.17, 15) is 15.2 Å². The molecule has 6 rings (SSSR count). The van der Waals surface area contributed by atoms with E-state index in [1.807, 2.05) is 18.7 Å². The Morgan fingerprint density at radius 1 is 1.26 bits per heavy atom. The molecule has 5 atom stereocenters. The minimum absolute atomic E-state index is 0.00388. The first-order chi connectivity index (χ1) is 12.8. The van der Waals surface area contributed by atoms with Crippen LogP contribution in [0.15, 0.2) is 18.2 Å². The summed E-state index contributed by atoms with van der Waals surface area (Å²) in [6.07, 6.45) is 2.95. The molecule has 2 bridgehead atoms. The number of amides is 1. The van der Waals surface area contributed by atoms with E-state index in [2.05, 4.69) is 24.3 Å². The van der Waals surface area contributed by atoms with Crippen molar-refractivity contribution >= 4 is 27.5 Å². The standard InChI is InChI=1S/C20H23N3O2S2/c1-18(11-21)10-20-17(25)22(3)19(2,26-27-20)16(24)23(20)15(18)14-8-7-12-5-4-6-13(12)9-14/h7-9,15-16,24H,4-6,10H2,1-3H3/t15-,16?,18+,19?,20?/m0/s1. The lowest BCUT2D eigenvalue weighted by Gasteiger charge is -2.61. The number of hydrogen-bond acceptors (Lipinski definition) is 6. The summed E-state index contributed by atoms with van der Waals surface area (Å²) in [5.74, 6) is 0.00388. The van der Waals surface area contributed by atoms with E-state index in [4.69, 9.17) is 0 Å². The Labute approximate surface area is 167 Å². The average Bonchev–Trinajstić information content (AvgIpc) is 3.23. The van der Waals surface area contributed by atoms with Gasteiger partial charge >= 0.3 is 0 Å². The van der Waals surface area contributed by atoms with Crippen LogP contribution in [0.3, 0.4) is 0 Å². The third kappa shape index (κ3) is 2.02. The highest BCUT2D eigenvalue weighted by atomic mass is 33.1. The second-order valence-electron chi connectivity index (χ2n) is 8.64. The monoisotopic (exact) mass is 401 g/mol. The Morgan fingerprint density at radius 3 is 2.74 bits per heavy atom. The lowest BCUT2D eigenvalue weighted by Crippen LogP contribution is -2.75. The molecule has 5 aliphatic rings. The number of fused-ring (bicyclic) bond motifs is 3. The summed E-state index contributed by atoms with van der Waals surface area (Å²) < 4.78 is 0. The molecule has 0 aromatic heterocycles. The number of nitrogens with zero attached hydrogens (tertiary/aromatic N) is 3. The maximum Gasteiger partial charge on any atom is 0.255 e. The van der Waals surface area contributed by atoms with Crippen LogP contribution in [0.25, 0.3) is 0 Å². The van der Waals surface area contributed by atoms with Gasteiger partial charge < -0.3 is 10.0 Å². The Bertz CT molecular complexity index is 902. The lowest BCUT2D eigenvalue weighted by molar-refractivity contribution is -0.176. The van der Waals surface area contributed by atoms with Crippen molar-refractivity contribution in [1.82, 2.24) is 9.80 Å². The second-order valence-corrected chi connectivity index (χ2v) is 11.5. The molecule has 27 heavy (non-hydrogen) atoms. The number of rotatable bonds is 1. The number of carbonyl (C=O) groups excluding carboxylic acids is 1. The van der Waals surface area contributed by atoms with Gasteiger partial charge in [-0.2, -0.15) is 5.26 Å². The van der Waals surface area contributed by atoms with Gasteiger partial charge in [0.15, 0.2) is 4.87 Å². The lowest BCUT2D eigenvalue weighted by atomic mass is 9.79. The third-order valence-electron chi connectivity index (χ3n) is 6.99. The van der Waals surface area contributed by atoms with Crippen LogP contribution in [0.4, 0.5) is 0 Å². The molecule has 5 nitrogen and oxygen atoms in total. The van der Waals surface area contributed by atoms with Crippen molar-refractivity contribution in [2.24, 2.45) is 5.41 Å². The van der Waals surface area contributed by atoms with Gasteiger partial charge in [0.2, 0.25) is 0 Å². The number of nitriles is 1. The van der Waals surface area contributed by atoms with Gasteiger partial charge in [-0.25, -0.2) is 4.90 Å². The van der Waals surface area contributed by atoms with Crippen LogP contribution in [0.2, 0.25) is 0 Å². The van der Waals surface area contributed by atoms with Gasteiger partial charge in [0.25, 0.3) is 5.91 Å². The summed E-state index contributed by atoms with van der Waals surface area (Å²) in [4.78, 5) is 15.4. The SMILES string of the molecule is CN1C(=O)C23C[C@](C)(C#N)[C@H](c4ccc5c(c4)CCC5)N2C(O)C1(C)SS3. The van der Waals surface area contributed by atoms with Crippen molar-refractivity contribution in [3.05, 3.63) is 34.9 Å². The van der Waals surface area contributed by atoms with Gasteiger partial charge in [0, 0.05) is 13.5 Å². The number of benzene rings is 1. The molecule has 1 aromatic rings. The highest BCUT2D eigenvalue weighted by Crippen LogP contribution is 2.70. The summed E-state index contributed by atoms with van der Waals surface area (Å²) >= 11 is 0. The van der Waals surface area contributed by atoms with Crippen molar-refractivity contribution in [2.45, 2.75) is 61.5 Å². The van der Waals surface area contributed by atoms with Gasteiger partial charge in [0.1, 0.15) is 11.1 Å². The van der Waals surface area contributed by atoms with E-state index in [0.29, 0.717) is 6.42 Å². The fourth-order valence-electron chi connectivity index (χ4n) is 5.37. The van der Waals surface area contributed by atoms with E-state index in [-0.39, 0.29) is 11.9 Å². The largest absolute Gasteiger partial charge is 0.375 e. The highest BCUT2D eigenvalue weighted by Gasteiger charge is 2.74. The van der Waals surface area contributed by atoms with Gasteiger partial charge in [-0.05, 0) is 49.8 Å². The van der Waals surface area contributed by atoms with E-state index < -0.39 is 21.4 Å². The number of aryl methyl sites for hydroxylation is 2. The number of carbonyl (C=O) groups is 1. The van der Waals surface area contributed by atoms with Crippen LogP contribution in [0.5, 0.6) is 0 Å². The number of aliphatic hydroxyl groups excluding tert-OH is 1. The van der Waals surface area contributed by atoms with Gasteiger partial charge in [-0.15, -0.1) is 0 Å². The van der Waals surface area contributed by atoms with Crippen LogP contribution in [0.1, 0.15) is 49.4 Å². The molecule has 1 amide bonds. The number of likely N-dealkylation sites (N-methyl/N-ethyl adjacent to an activating group) is 1. The van der Waals surface area contributed by atoms with Crippen LogP contribution >= 0.6 is 21.6 Å². The average molecular weight is 402 g/mol. The molecule has 0 saturated carbocycles. The zero-order chi connectivity index (χ0) is 19.2. The molecule has 0 radical (unpaired) electrons. The molecular formula is C20H23N3O2S2. The summed E-state index contributed by atoms with van der Waals surface area (Å²) in [5.41, 5.74) is 3.04. The van der Waals surface area contributed by atoms with Crippen LogP contribution in [-0.2, 0) is 17.6 Å². The minimum atomic E-state index is -0.884. The zero-order valence-corrected chi connectivity index (χ0v) is 17.4. The van der Waals surface area contributed by atoms with Crippen LogP contribution in [0, 0.1) is 16.7 Å². The second kappa shape index (κ2) is 5.44. The van der Waals surface area contributed by atoms with Gasteiger partial charge in [0.05, 0.1) is 17.5 Å². The van der Waals surface area contributed by atoms with E-state index in [0.717, 1.165) is 18.4 Å². The normalized spacial score (nSPS) is 42.9. The molecule has 142 valence electrons. The molecule has 4 heterocycles. The molecule has 1 aliphatic carbocycles. The van der Waals surface area contributed by atoms with Crippen molar-refractivity contribution in [3.8, 4) is 6.07 Å². The molecular weight excluding hydrogens is 378 g/mol. The third-order valence-corrected chi connectivity index (χ3v) is 10.8. The Kier molecular flexibility index (Phi) is 3.60. The van der Waals surface area contributed by atoms with Crippen molar-refractivity contribution in [3.63, 3.8) is 0 Å². The Balaban J connectivity index is 1.69. The first-order valence-electron chi connectivity index (χ1n) is 9.41. The van der Waals surface area contributed by atoms with Crippen molar-refractivity contribution in [2.75, 3.05) is 7.05 Å². The fraction of sp³-hybridized carbons (Fsp3) is 0.600. The molecule has 3 unspecified atom stereocenters. The summed E-state index contributed by atoms with van der Waals surface area (Å²) in [7, 11) is 4.85. The predicted octanol–water partition coefficient (Wildman–Crippen LogP) is 3.05. The van der Waals surface area contributed by atoms with Crippen molar-refractivity contribution < 1.29 is 9.90 Å². The predicted molar refractivity (Wildman–Crippen MR) is 106 cm³/mol. The van der Waals surface area contributed by atoms with E-state index >= 15 is 0 Å². The minimum Gasteiger partial charge on any atom is -0.375 e. The number of piperazine rings is 1. The molecule has 4 aliphatic heterocycles. The maximum absolute atomic E-state index is 13.3. The topological polar surface area (TPSA) is 67.6 Å². The molecule has 1 aromatic carbocycles. The Hall–Kier alpha value is -1.20. The number of aliphatic hydroxyl groups is 1. The molecule has 1 spiro atoms. The van der Waals surface area contributed by atoms with Crippen LogP contribution < -0.4 is 0 Å². The smallest absolute Gasteiger partial charge is 0.255 e. The first-order valence-corrected chi connectivity index (χ1v) is 11.6. The highest BCUT2D eigenvalue weighted by molar-refractivity contribution is 8.78. The van der Waals surface area contributed by atoms with Crippen molar-refractivity contribution in [1.29, 1.82) is 5.26 Å². The Morgan fingerprint density at radius 2 is 2.00 bits per heavy atom. The summed E-state index contributed by atoms with van der Waals surface area (Å²) in [5, 5.41) is 21.5. The van der Waals surface area contributed by atoms with E-state index in [1.165, 1.54) is 28.3 Å². The summed E-state index contributed by atoms with van der Waals surface area (Å²) in [6, 6.07) is 8.71. The van der Waals surface area contributed by atoms with Gasteiger partial charge in [-0.1, -0.05) is 39.8 Å².